The predicted molar refractivity (Wildman–Crippen MR) is 141 cm³/mol. The Morgan fingerprint density at radius 2 is 0.938 bits per heavy atom. The summed E-state index contributed by atoms with van der Waals surface area (Å²) in [5.74, 6) is 0. The molecule has 2 N–H and O–H groups in total. The van der Waals surface area contributed by atoms with Crippen LogP contribution in [0.25, 0.3) is 62.9 Å². The second-order valence-electron chi connectivity index (χ2n) is 8.55. The van der Waals surface area contributed by atoms with E-state index in [-0.39, 0.29) is 0 Å². The largest absolute Gasteiger partial charge is 0.358 e. The van der Waals surface area contributed by atoms with Gasteiger partial charge in [0.05, 0.1) is 21.1 Å². The number of aromatic amines is 2. The second kappa shape index (κ2) is 6.58. The zero-order valence-corrected chi connectivity index (χ0v) is 19.4. The highest BCUT2D eigenvalue weighted by atomic mass is 32.1. The SMILES string of the molecule is Cc1ccc(-c2cc3ccc4c5ccc6cc(-c7ccc(C)[nH]7)sc6c5ccc4c3s2)[nH]1. The fourth-order valence-corrected chi connectivity index (χ4v) is 7.11. The average Bonchev–Trinajstić information content (AvgIpc) is 3.57. The normalized spacial score (nSPS) is 12.1. The van der Waals surface area contributed by atoms with E-state index in [1.54, 1.807) is 0 Å². The maximum Gasteiger partial charge on any atom is 0.0557 e. The Labute approximate surface area is 193 Å². The van der Waals surface area contributed by atoms with E-state index in [0.717, 1.165) is 0 Å². The number of aromatic nitrogens is 2. The monoisotopic (exact) mass is 448 g/mol. The molecule has 3 aromatic carbocycles. The van der Waals surface area contributed by atoms with E-state index in [0.29, 0.717) is 0 Å². The number of fused-ring (bicyclic) bond motifs is 7. The highest BCUT2D eigenvalue weighted by Gasteiger charge is 2.13. The van der Waals surface area contributed by atoms with Gasteiger partial charge < -0.3 is 9.97 Å². The molecule has 4 aromatic heterocycles. The van der Waals surface area contributed by atoms with E-state index in [4.69, 9.17) is 0 Å². The van der Waals surface area contributed by atoms with Crippen LogP contribution in [0.5, 0.6) is 0 Å². The fraction of sp³-hybridized carbons (Fsp3) is 0.0714. The number of nitrogens with one attached hydrogen (secondary N) is 2. The number of aryl methyl sites for hydroxylation is 2. The Morgan fingerprint density at radius 3 is 1.34 bits per heavy atom. The van der Waals surface area contributed by atoms with Crippen molar-refractivity contribution in [3.63, 3.8) is 0 Å². The summed E-state index contributed by atoms with van der Waals surface area (Å²) in [6.45, 7) is 4.21. The number of hydrogen-bond donors (Lipinski definition) is 2. The van der Waals surface area contributed by atoms with Gasteiger partial charge in [-0.25, -0.2) is 0 Å². The molecule has 7 rings (SSSR count). The van der Waals surface area contributed by atoms with Gasteiger partial charge in [-0.3, -0.25) is 0 Å². The molecule has 0 fully saturated rings. The molecule has 7 aromatic rings. The molecule has 4 heteroatoms. The number of hydrogen-bond acceptors (Lipinski definition) is 2. The van der Waals surface area contributed by atoms with E-state index >= 15 is 0 Å². The molecule has 0 aliphatic heterocycles. The number of H-pyrrole nitrogens is 2. The van der Waals surface area contributed by atoms with Crippen LogP contribution in [0.4, 0.5) is 0 Å². The minimum Gasteiger partial charge on any atom is -0.358 e. The van der Waals surface area contributed by atoms with E-state index in [1.165, 1.54) is 74.2 Å². The zero-order valence-electron chi connectivity index (χ0n) is 17.7. The van der Waals surface area contributed by atoms with Crippen LogP contribution >= 0.6 is 22.7 Å². The van der Waals surface area contributed by atoms with Crippen LogP contribution in [-0.4, -0.2) is 9.97 Å². The third-order valence-corrected chi connectivity index (χ3v) is 8.79. The molecular weight excluding hydrogens is 428 g/mol. The van der Waals surface area contributed by atoms with Crippen molar-refractivity contribution >= 4 is 64.4 Å². The van der Waals surface area contributed by atoms with Crippen LogP contribution in [0.3, 0.4) is 0 Å². The van der Waals surface area contributed by atoms with Gasteiger partial charge in [-0.05, 0) is 71.8 Å². The second-order valence-corrected chi connectivity index (χ2v) is 10.7. The Balaban J connectivity index is 1.46. The summed E-state index contributed by atoms with van der Waals surface area (Å²) in [7, 11) is 0. The topological polar surface area (TPSA) is 31.6 Å². The molecule has 2 nitrogen and oxygen atoms in total. The Hall–Kier alpha value is -3.34. The summed E-state index contributed by atoms with van der Waals surface area (Å²) in [6.07, 6.45) is 0. The zero-order chi connectivity index (χ0) is 21.4. The first-order chi connectivity index (χ1) is 15.6. The maximum absolute atomic E-state index is 3.48. The lowest BCUT2D eigenvalue weighted by atomic mass is 10.00. The smallest absolute Gasteiger partial charge is 0.0557 e. The van der Waals surface area contributed by atoms with Crippen molar-refractivity contribution in [2.45, 2.75) is 13.8 Å². The third-order valence-electron chi connectivity index (χ3n) is 6.35. The molecule has 0 saturated heterocycles. The van der Waals surface area contributed by atoms with E-state index in [2.05, 4.69) is 96.6 Å². The van der Waals surface area contributed by atoms with Gasteiger partial charge in [0.1, 0.15) is 0 Å². The summed E-state index contributed by atoms with van der Waals surface area (Å²) in [4.78, 5) is 9.54. The number of thiophene rings is 2. The molecule has 0 aliphatic rings. The van der Waals surface area contributed by atoms with Crippen LogP contribution in [-0.2, 0) is 0 Å². The quantitative estimate of drug-likeness (QED) is 0.247. The Morgan fingerprint density at radius 1 is 0.500 bits per heavy atom. The van der Waals surface area contributed by atoms with E-state index in [1.807, 2.05) is 22.7 Å². The van der Waals surface area contributed by atoms with Crippen LogP contribution in [0.15, 0.2) is 72.8 Å². The van der Waals surface area contributed by atoms with Crippen molar-refractivity contribution in [2.75, 3.05) is 0 Å². The lowest BCUT2D eigenvalue weighted by Gasteiger charge is -2.06. The fourth-order valence-electron chi connectivity index (χ4n) is 4.78. The first-order valence-corrected chi connectivity index (χ1v) is 12.4. The lowest BCUT2D eigenvalue weighted by Crippen LogP contribution is -1.78. The van der Waals surface area contributed by atoms with Gasteiger partial charge in [-0.2, -0.15) is 0 Å². The summed E-state index contributed by atoms with van der Waals surface area (Å²) in [5, 5.41) is 7.96. The predicted octanol–water partition coefficient (Wildman–Crippen LogP) is 9.03. The number of rotatable bonds is 2. The number of benzene rings is 3. The van der Waals surface area contributed by atoms with Gasteiger partial charge in [0.25, 0.3) is 0 Å². The lowest BCUT2D eigenvalue weighted by molar-refractivity contribution is 1.27. The van der Waals surface area contributed by atoms with Crippen molar-refractivity contribution in [1.29, 1.82) is 0 Å². The van der Waals surface area contributed by atoms with Gasteiger partial charge in [0, 0.05) is 31.6 Å². The van der Waals surface area contributed by atoms with Crippen molar-refractivity contribution in [3.8, 4) is 21.1 Å². The van der Waals surface area contributed by atoms with Crippen molar-refractivity contribution < 1.29 is 0 Å². The summed E-state index contributed by atoms with van der Waals surface area (Å²) in [5.41, 5.74) is 4.79. The molecule has 0 amide bonds. The average molecular weight is 449 g/mol. The molecule has 0 spiro atoms. The third kappa shape index (κ3) is 2.63. The van der Waals surface area contributed by atoms with Gasteiger partial charge in [0.2, 0.25) is 0 Å². The first kappa shape index (κ1) is 18.3. The summed E-state index contributed by atoms with van der Waals surface area (Å²) in [6, 6.07) is 27.0. The van der Waals surface area contributed by atoms with Crippen molar-refractivity contribution in [2.24, 2.45) is 0 Å². The molecule has 0 saturated carbocycles. The molecule has 0 unspecified atom stereocenters. The van der Waals surface area contributed by atoms with Crippen molar-refractivity contribution in [3.05, 3.63) is 84.2 Å². The summed E-state index contributed by atoms with van der Waals surface area (Å²) >= 11 is 3.75. The minimum absolute atomic E-state index is 1.20. The van der Waals surface area contributed by atoms with Crippen LogP contribution in [0.2, 0.25) is 0 Å². The van der Waals surface area contributed by atoms with Crippen molar-refractivity contribution in [1.82, 2.24) is 9.97 Å². The summed E-state index contributed by atoms with van der Waals surface area (Å²) < 4.78 is 2.72. The van der Waals surface area contributed by atoms with Crippen LogP contribution < -0.4 is 0 Å². The molecular formula is C28H20N2S2. The highest BCUT2D eigenvalue weighted by Crippen LogP contribution is 2.42. The first-order valence-electron chi connectivity index (χ1n) is 10.8. The Kier molecular flexibility index (Phi) is 3.75. The maximum atomic E-state index is 3.48. The molecule has 0 radical (unpaired) electrons. The highest BCUT2D eigenvalue weighted by molar-refractivity contribution is 7.23. The molecule has 0 atom stereocenters. The van der Waals surface area contributed by atoms with Crippen LogP contribution in [0, 0.1) is 13.8 Å². The Bertz CT molecular complexity index is 1670. The molecule has 0 bridgehead atoms. The molecule has 4 heterocycles. The van der Waals surface area contributed by atoms with E-state index in [9.17, 15) is 0 Å². The van der Waals surface area contributed by atoms with Gasteiger partial charge in [-0.1, -0.05) is 36.4 Å². The van der Waals surface area contributed by atoms with Gasteiger partial charge in [0.15, 0.2) is 0 Å². The van der Waals surface area contributed by atoms with Gasteiger partial charge >= 0.3 is 0 Å². The molecule has 0 aliphatic carbocycles. The minimum atomic E-state index is 1.20. The standard InChI is InChI=1S/C28H20N2S2/c1-15-3-11-23(29-15)25-13-17-5-7-19-20-8-6-18-14-26(24-12-4-16(2)30-24)32-28(18)22(20)10-9-21(19)27(17)31-25/h3-14,29-30H,1-2H3. The van der Waals surface area contributed by atoms with Gasteiger partial charge in [-0.15, -0.1) is 22.7 Å². The van der Waals surface area contributed by atoms with E-state index < -0.39 is 0 Å². The van der Waals surface area contributed by atoms with Crippen LogP contribution in [0.1, 0.15) is 11.4 Å². The molecule has 154 valence electrons. The molecule has 32 heavy (non-hydrogen) atoms.